The Balaban J connectivity index is 1.35. The minimum Gasteiger partial charge on any atom is -0.425 e. The highest BCUT2D eigenvalue weighted by Crippen LogP contribution is 2.26. The van der Waals surface area contributed by atoms with Crippen molar-refractivity contribution in [1.82, 2.24) is 18.7 Å². The highest BCUT2D eigenvalue weighted by atomic mass is 35.5. The fourth-order valence-corrected chi connectivity index (χ4v) is 4.62. The smallest absolute Gasteiger partial charge is 0.332 e. The molecule has 0 radical (unpaired) electrons. The third-order valence-corrected chi connectivity index (χ3v) is 7.31. The molecule has 9 heteroatoms. The molecule has 4 aromatic rings. The van der Waals surface area contributed by atoms with Gasteiger partial charge in [0.1, 0.15) is 5.75 Å². The zero-order chi connectivity index (χ0) is 44.0. The number of aliphatic hydroxyl groups is 1. The SMILES string of the molecule is CC#CC#CC#CC#CC#CC#CC#CC#CC#CC#CC#CC#CC#CC#CC#Cc1cccc(Oc2nc3c(c(=O)n(CCCO)c(=O)n3C)n2Cc2ccc(Cl)cc2)c1. The van der Waals surface area contributed by atoms with Crippen molar-refractivity contribution in [2.24, 2.45) is 7.05 Å². The van der Waals surface area contributed by atoms with Gasteiger partial charge in [-0.25, -0.2) is 4.79 Å². The van der Waals surface area contributed by atoms with E-state index < -0.39 is 11.2 Å². The topological polar surface area (TPSA) is 91.3 Å². The highest BCUT2D eigenvalue weighted by molar-refractivity contribution is 6.30. The van der Waals surface area contributed by atoms with Crippen LogP contribution in [0.5, 0.6) is 11.8 Å². The van der Waals surface area contributed by atoms with Crippen LogP contribution in [0.25, 0.3) is 11.2 Å². The first-order chi connectivity index (χ1) is 30.4. The first-order valence-corrected chi connectivity index (χ1v) is 18.1. The quantitative estimate of drug-likeness (QED) is 0.290. The molecule has 0 aliphatic rings. The van der Waals surface area contributed by atoms with Crippen LogP contribution in [-0.2, 0) is 20.1 Å². The fraction of sp³-hybridized carbons (Fsp3) is 0.113. The van der Waals surface area contributed by atoms with E-state index >= 15 is 0 Å². The predicted molar refractivity (Wildman–Crippen MR) is 239 cm³/mol. The number of benzene rings is 2. The summed E-state index contributed by atoms with van der Waals surface area (Å²) >= 11 is 6.10. The molecular formula is C53H23ClN4O4. The lowest BCUT2D eigenvalue weighted by molar-refractivity contribution is 0.277. The first-order valence-electron chi connectivity index (χ1n) is 17.7. The van der Waals surface area contributed by atoms with Gasteiger partial charge in [0.05, 0.1) is 6.54 Å². The Labute approximate surface area is 364 Å². The summed E-state index contributed by atoms with van der Waals surface area (Å²) in [6, 6.07) is 14.1. The van der Waals surface area contributed by atoms with Gasteiger partial charge in [-0.2, -0.15) is 4.98 Å². The van der Waals surface area contributed by atoms with Crippen molar-refractivity contribution in [2.75, 3.05) is 6.61 Å². The number of hydrogen-bond donors (Lipinski definition) is 1. The second kappa shape index (κ2) is 26.1. The van der Waals surface area contributed by atoms with E-state index in [2.05, 4.69) is 183 Å². The summed E-state index contributed by atoms with van der Waals surface area (Å²) in [6.07, 6.45) is 0.231. The highest BCUT2D eigenvalue weighted by Gasteiger charge is 2.22. The van der Waals surface area contributed by atoms with Gasteiger partial charge < -0.3 is 9.84 Å². The Kier molecular flexibility index (Phi) is 18.8. The molecule has 2 aromatic carbocycles. The molecular weight excluding hydrogens is 792 g/mol. The lowest BCUT2D eigenvalue weighted by atomic mass is 10.2. The monoisotopic (exact) mass is 814 g/mol. The van der Waals surface area contributed by atoms with E-state index in [1.54, 1.807) is 47.9 Å². The summed E-state index contributed by atoms with van der Waals surface area (Å²) in [6.45, 7) is 1.74. The van der Waals surface area contributed by atoms with Gasteiger partial charge >= 0.3 is 11.7 Å². The third-order valence-electron chi connectivity index (χ3n) is 7.05. The molecule has 1 N–H and O–H groups in total. The largest absolute Gasteiger partial charge is 0.425 e. The van der Waals surface area contributed by atoms with Crippen molar-refractivity contribution >= 4 is 22.8 Å². The Bertz CT molecular complexity index is 3570. The Morgan fingerprint density at radius 2 is 1.10 bits per heavy atom. The number of halogens is 1. The molecule has 2 aromatic heterocycles. The summed E-state index contributed by atoms with van der Waals surface area (Å²) in [5.41, 5.74) is 0.618. The van der Waals surface area contributed by atoms with Gasteiger partial charge in [-0.1, -0.05) is 41.6 Å². The van der Waals surface area contributed by atoms with Crippen molar-refractivity contribution in [3.63, 3.8) is 0 Å². The van der Waals surface area contributed by atoms with E-state index in [0.29, 0.717) is 16.3 Å². The van der Waals surface area contributed by atoms with Crippen molar-refractivity contribution in [2.45, 2.75) is 26.4 Å². The molecule has 2 heterocycles. The summed E-state index contributed by atoms with van der Waals surface area (Å²) < 4.78 is 10.2. The van der Waals surface area contributed by atoms with E-state index in [0.717, 1.165) is 10.1 Å². The van der Waals surface area contributed by atoms with Gasteiger partial charge in [-0.3, -0.25) is 18.5 Å². The zero-order valence-corrected chi connectivity index (χ0v) is 33.5. The van der Waals surface area contributed by atoms with Crippen molar-refractivity contribution in [3.05, 3.63) is 85.5 Å². The van der Waals surface area contributed by atoms with Gasteiger partial charge in [0.15, 0.2) is 11.2 Å². The van der Waals surface area contributed by atoms with Crippen LogP contribution in [0.1, 0.15) is 24.5 Å². The van der Waals surface area contributed by atoms with Gasteiger partial charge in [-0.05, 0) is 144 Å². The third kappa shape index (κ3) is 15.2. The molecule has 0 fully saturated rings. The summed E-state index contributed by atoms with van der Waals surface area (Å²) in [5.74, 6) is 77.0. The maximum Gasteiger partial charge on any atom is 0.332 e. The molecule has 0 bridgehead atoms. The number of fused-ring (bicyclic) bond motifs is 1. The van der Waals surface area contributed by atoms with Crippen molar-refractivity contribution < 1.29 is 9.84 Å². The van der Waals surface area contributed by atoms with Gasteiger partial charge in [0, 0.05) is 102 Å². The van der Waals surface area contributed by atoms with E-state index in [9.17, 15) is 14.7 Å². The van der Waals surface area contributed by atoms with Crippen LogP contribution in [-0.4, -0.2) is 30.4 Å². The average molecular weight is 815 g/mol. The Morgan fingerprint density at radius 1 is 0.629 bits per heavy atom. The maximum atomic E-state index is 13.6. The number of ether oxygens (including phenoxy) is 1. The number of imidazole rings is 1. The number of nitrogens with zero attached hydrogens (tertiary/aromatic N) is 4. The number of aryl methyl sites for hydroxylation is 1. The second-order valence-corrected chi connectivity index (χ2v) is 11.6. The van der Waals surface area contributed by atoms with Crippen LogP contribution in [0.2, 0.25) is 5.02 Å². The van der Waals surface area contributed by atoms with Gasteiger partial charge in [-0.15, -0.1) is 0 Å². The molecule has 0 saturated heterocycles. The lowest BCUT2D eigenvalue weighted by Gasteiger charge is -2.11. The molecule has 0 atom stereocenters. The van der Waals surface area contributed by atoms with E-state index in [4.69, 9.17) is 16.3 Å². The van der Waals surface area contributed by atoms with Crippen LogP contribution < -0.4 is 16.0 Å². The Morgan fingerprint density at radius 3 is 1.56 bits per heavy atom. The fourth-order valence-electron chi connectivity index (χ4n) is 4.50. The van der Waals surface area contributed by atoms with Crippen LogP contribution in [0, 0.1) is 178 Å². The molecule has 4 rings (SSSR count). The van der Waals surface area contributed by atoms with Crippen molar-refractivity contribution in [3.8, 4) is 189 Å². The normalized spacial score (nSPS) is 7.74. The van der Waals surface area contributed by atoms with Gasteiger partial charge in [0.2, 0.25) is 0 Å². The van der Waals surface area contributed by atoms with Crippen LogP contribution in [0.3, 0.4) is 0 Å². The number of rotatable bonds is 7. The number of aromatic nitrogens is 4. The minimum atomic E-state index is -0.555. The molecule has 0 amide bonds. The van der Waals surface area contributed by atoms with Crippen LogP contribution in [0.4, 0.5) is 0 Å². The maximum absolute atomic E-state index is 13.6. The summed E-state index contributed by atoms with van der Waals surface area (Å²) in [4.78, 5) is 31.2. The molecule has 0 saturated carbocycles. The van der Waals surface area contributed by atoms with E-state index in [-0.39, 0.29) is 43.3 Å². The average Bonchev–Trinajstić information content (AvgIpc) is 3.63. The molecule has 62 heavy (non-hydrogen) atoms. The lowest BCUT2D eigenvalue weighted by Crippen LogP contribution is -2.39. The number of aliphatic hydroxyl groups excluding tert-OH is 1. The molecule has 0 aliphatic heterocycles. The van der Waals surface area contributed by atoms with Crippen LogP contribution >= 0.6 is 11.6 Å². The second-order valence-electron chi connectivity index (χ2n) is 11.2. The summed E-state index contributed by atoms with van der Waals surface area (Å²) in [5, 5.41) is 9.90. The molecule has 8 nitrogen and oxygen atoms in total. The Hall–Kier alpha value is -9.96. The molecule has 286 valence electrons. The van der Waals surface area contributed by atoms with Crippen LogP contribution in [0.15, 0.2) is 58.1 Å². The van der Waals surface area contributed by atoms with Crippen molar-refractivity contribution in [1.29, 1.82) is 0 Å². The van der Waals surface area contributed by atoms with E-state index in [1.807, 2.05) is 12.1 Å². The molecule has 0 unspecified atom stereocenters. The minimum absolute atomic E-state index is 0.0426. The predicted octanol–water partition coefficient (Wildman–Crippen LogP) is 3.19. The molecule has 0 spiro atoms. The summed E-state index contributed by atoms with van der Waals surface area (Å²) in [7, 11) is 1.53. The standard InChI is InChI=1S/C53H23ClN4O4/c1-3-4-5-6-7-8-9-10-11-12-13-14-15-16-17-18-19-20-21-22-23-24-25-26-27-28-29-30-31-34-45-35-32-36-48(43-45)62-52-55-50-49(58(52)44-46-37-39-47(54)40-38-46)51(60)57(41-33-42-59)53(61)56(50)2/h32,35-40,43,59H,33,41-42,44H2,1-2H3. The zero-order valence-electron chi connectivity index (χ0n) is 32.8. The van der Waals surface area contributed by atoms with E-state index in [1.165, 1.54) is 11.6 Å². The molecule has 0 aliphatic carbocycles. The number of hydrogen-bond acceptors (Lipinski definition) is 5. The van der Waals surface area contributed by atoms with Gasteiger partial charge in [0.25, 0.3) is 5.56 Å². The first kappa shape index (κ1) is 44.8.